The summed E-state index contributed by atoms with van der Waals surface area (Å²) in [5, 5.41) is 2.28. The molecule has 1 N–H and O–H groups in total. The Bertz CT molecular complexity index is 829. The van der Waals surface area contributed by atoms with Crippen molar-refractivity contribution < 1.29 is 0 Å². The fourth-order valence-corrected chi connectivity index (χ4v) is 2.44. The molecule has 0 radical (unpaired) electrons. The molecule has 0 fully saturated rings. The molecule has 0 aliphatic rings. The maximum absolute atomic E-state index is 12.0. The van der Waals surface area contributed by atoms with E-state index in [1.165, 1.54) is 0 Å². The Morgan fingerprint density at radius 3 is 2.65 bits per heavy atom. The SMILES string of the molecule is CCc1nc(-c2cccc3ccccc23)c(C)c(=O)[nH]1. The van der Waals surface area contributed by atoms with Gasteiger partial charge in [0.25, 0.3) is 5.56 Å². The Morgan fingerprint density at radius 1 is 1.10 bits per heavy atom. The number of nitrogens with zero attached hydrogens (tertiary/aromatic N) is 1. The molecule has 1 aromatic heterocycles. The maximum atomic E-state index is 12.0. The maximum Gasteiger partial charge on any atom is 0.254 e. The van der Waals surface area contributed by atoms with E-state index in [9.17, 15) is 4.79 Å². The fourth-order valence-electron chi connectivity index (χ4n) is 2.44. The average molecular weight is 264 g/mol. The molecule has 3 nitrogen and oxygen atoms in total. The van der Waals surface area contributed by atoms with Crippen molar-refractivity contribution in [2.75, 3.05) is 0 Å². The molecule has 1 heterocycles. The lowest BCUT2D eigenvalue weighted by Gasteiger charge is -2.09. The van der Waals surface area contributed by atoms with Gasteiger partial charge in [-0.1, -0.05) is 49.4 Å². The minimum absolute atomic E-state index is 0.0558. The van der Waals surface area contributed by atoms with Crippen LogP contribution < -0.4 is 5.56 Å². The van der Waals surface area contributed by atoms with Crippen molar-refractivity contribution in [3.05, 3.63) is 64.2 Å². The van der Waals surface area contributed by atoms with Crippen LogP contribution in [-0.4, -0.2) is 9.97 Å². The van der Waals surface area contributed by atoms with Crippen molar-refractivity contribution in [3.63, 3.8) is 0 Å². The highest BCUT2D eigenvalue weighted by Crippen LogP contribution is 2.28. The molecule has 20 heavy (non-hydrogen) atoms. The molecule has 0 bridgehead atoms. The summed E-state index contributed by atoms with van der Waals surface area (Å²) in [7, 11) is 0. The van der Waals surface area contributed by atoms with E-state index >= 15 is 0 Å². The molecule has 2 aromatic carbocycles. The van der Waals surface area contributed by atoms with Crippen molar-refractivity contribution in [3.8, 4) is 11.3 Å². The van der Waals surface area contributed by atoms with E-state index in [-0.39, 0.29) is 5.56 Å². The highest BCUT2D eigenvalue weighted by Gasteiger charge is 2.11. The molecule has 0 spiro atoms. The Balaban J connectivity index is 2.36. The number of aryl methyl sites for hydroxylation is 1. The largest absolute Gasteiger partial charge is 0.310 e. The molecule has 0 unspecified atom stereocenters. The number of fused-ring (bicyclic) bond motifs is 1. The third kappa shape index (κ3) is 2.01. The van der Waals surface area contributed by atoms with Crippen molar-refractivity contribution in [1.82, 2.24) is 9.97 Å². The van der Waals surface area contributed by atoms with E-state index in [2.05, 4.69) is 28.2 Å². The predicted octanol–water partition coefficient (Wildman–Crippen LogP) is 3.46. The minimum atomic E-state index is -0.0558. The van der Waals surface area contributed by atoms with Gasteiger partial charge >= 0.3 is 0 Å². The summed E-state index contributed by atoms with van der Waals surface area (Å²) >= 11 is 0. The van der Waals surface area contributed by atoms with Crippen molar-refractivity contribution >= 4 is 10.8 Å². The third-order valence-electron chi connectivity index (χ3n) is 3.58. The van der Waals surface area contributed by atoms with Gasteiger partial charge in [-0.05, 0) is 17.7 Å². The van der Waals surface area contributed by atoms with E-state index in [1.807, 2.05) is 38.1 Å². The first-order valence-electron chi connectivity index (χ1n) is 6.78. The normalized spacial score (nSPS) is 10.9. The Kier molecular flexibility index (Phi) is 3.11. The average Bonchev–Trinajstić information content (AvgIpc) is 2.49. The number of hydrogen-bond donors (Lipinski definition) is 1. The van der Waals surface area contributed by atoms with Gasteiger partial charge in [0, 0.05) is 17.5 Å². The van der Waals surface area contributed by atoms with Gasteiger partial charge in [0.1, 0.15) is 5.82 Å². The number of benzene rings is 2. The van der Waals surface area contributed by atoms with Crippen LogP contribution in [0.5, 0.6) is 0 Å². The summed E-state index contributed by atoms with van der Waals surface area (Å²) in [6, 6.07) is 14.3. The highest BCUT2D eigenvalue weighted by molar-refractivity contribution is 5.96. The van der Waals surface area contributed by atoms with Crippen LogP contribution in [0.25, 0.3) is 22.0 Å². The first kappa shape index (κ1) is 12.6. The Morgan fingerprint density at radius 2 is 1.85 bits per heavy atom. The van der Waals surface area contributed by atoms with E-state index < -0.39 is 0 Å². The number of aromatic amines is 1. The molecule has 0 aliphatic carbocycles. The Labute approximate surface area is 117 Å². The van der Waals surface area contributed by atoms with Crippen molar-refractivity contribution in [1.29, 1.82) is 0 Å². The lowest BCUT2D eigenvalue weighted by Crippen LogP contribution is -2.15. The number of aromatic nitrogens is 2. The minimum Gasteiger partial charge on any atom is -0.310 e. The van der Waals surface area contributed by atoms with E-state index in [4.69, 9.17) is 0 Å². The van der Waals surface area contributed by atoms with Crippen LogP contribution in [0.3, 0.4) is 0 Å². The second-order valence-electron chi connectivity index (χ2n) is 4.87. The molecule has 0 saturated heterocycles. The molecule has 3 rings (SSSR count). The monoisotopic (exact) mass is 264 g/mol. The zero-order valence-corrected chi connectivity index (χ0v) is 11.6. The molecular weight excluding hydrogens is 248 g/mol. The summed E-state index contributed by atoms with van der Waals surface area (Å²) in [6.07, 6.45) is 0.716. The predicted molar refractivity (Wildman–Crippen MR) is 81.9 cm³/mol. The molecular formula is C17H16N2O. The highest BCUT2D eigenvalue weighted by atomic mass is 16.1. The van der Waals surface area contributed by atoms with Gasteiger partial charge in [-0.25, -0.2) is 4.98 Å². The van der Waals surface area contributed by atoms with E-state index in [1.54, 1.807) is 0 Å². The van der Waals surface area contributed by atoms with E-state index in [0.717, 1.165) is 27.9 Å². The van der Waals surface area contributed by atoms with Crippen LogP contribution in [-0.2, 0) is 6.42 Å². The zero-order valence-electron chi connectivity index (χ0n) is 11.6. The Hall–Kier alpha value is -2.42. The summed E-state index contributed by atoms with van der Waals surface area (Å²) in [5.74, 6) is 0.725. The van der Waals surface area contributed by atoms with Gasteiger partial charge in [0.15, 0.2) is 0 Å². The quantitative estimate of drug-likeness (QED) is 0.770. The summed E-state index contributed by atoms with van der Waals surface area (Å²) in [5.41, 5.74) is 2.40. The van der Waals surface area contributed by atoms with Crippen LogP contribution in [0.2, 0.25) is 0 Å². The molecule has 0 saturated carbocycles. The van der Waals surface area contributed by atoms with Gasteiger partial charge in [-0.3, -0.25) is 4.79 Å². The van der Waals surface area contributed by atoms with Gasteiger partial charge in [-0.2, -0.15) is 0 Å². The number of hydrogen-bond acceptors (Lipinski definition) is 2. The molecule has 0 aliphatic heterocycles. The van der Waals surface area contributed by atoms with Gasteiger partial charge in [0.05, 0.1) is 5.69 Å². The number of H-pyrrole nitrogens is 1. The van der Waals surface area contributed by atoms with E-state index in [0.29, 0.717) is 12.0 Å². The summed E-state index contributed by atoms with van der Waals surface area (Å²) in [4.78, 5) is 19.5. The summed E-state index contributed by atoms with van der Waals surface area (Å²) < 4.78 is 0. The second-order valence-corrected chi connectivity index (χ2v) is 4.87. The molecule has 0 atom stereocenters. The first-order valence-corrected chi connectivity index (χ1v) is 6.78. The van der Waals surface area contributed by atoms with Crippen LogP contribution in [0.4, 0.5) is 0 Å². The first-order chi connectivity index (χ1) is 9.70. The fraction of sp³-hybridized carbons (Fsp3) is 0.176. The lowest BCUT2D eigenvalue weighted by atomic mass is 10.00. The summed E-state index contributed by atoms with van der Waals surface area (Å²) in [6.45, 7) is 3.81. The van der Waals surface area contributed by atoms with Gasteiger partial charge < -0.3 is 4.98 Å². The molecule has 3 aromatic rings. The molecule has 100 valence electrons. The lowest BCUT2D eigenvalue weighted by molar-refractivity contribution is 0.912. The van der Waals surface area contributed by atoms with Crippen LogP contribution in [0, 0.1) is 6.92 Å². The molecule has 3 heteroatoms. The number of nitrogens with one attached hydrogen (secondary N) is 1. The number of rotatable bonds is 2. The van der Waals surface area contributed by atoms with Crippen LogP contribution in [0.15, 0.2) is 47.3 Å². The molecule has 0 amide bonds. The van der Waals surface area contributed by atoms with Gasteiger partial charge in [0.2, 0.25) is 0 Å². The van der Waals surface area contributed by atoms with Crippen molar-refractivity contribution in [2.24, 2.45) is 0 Å². The van der Waals surface area contributed by atoms with Crippen molar-refractivity contribution in [2.45, 2.75) is 20.3 Å². The standard InChI is InChI=1S/C17H16N2O/c1-3-15-18-16(11(2)17(20)19-15)14-10-6-8-12-7-4-5-9-13(12)14/h4-10H,3H2,1-2H3,(H,18,19,20). The smallest absolute Gasteiger partial charge is 0.254 e. The van der Waals surface area contributed by atoms with Gasteiger partial charge in [-0.15, -0.1) is 0 Å². The zero-order chi connectivity index (χ0) is 14.1. The topological polar surface area (TPSA) is 45.8 Å². The third-order valence-corrected chi connectivity index (χ3v) is 3.58. The van der Waals surface area contributed by atoms with Crippen LogP contribution >= 0.6 is 0 Å². The van der Waals surface area contributed by atoms with Crippen LogP contribution in [0.1, 0.15) is 18.3 Å². The second kappa shape index (κ2) is 4.93.